The third-order valence-electron chi connectivity index (χ3n) is 4.16. The van der Waals surface area contributed by atoms with Gasteiger partial charge in [-0.15, -0.1) is 0 Å². The van der Waals surface area contributed by atoms with Crippen molar-refractivity contribution in [2.45, 2.75) is 38.2 Å². The molecule has 1 aromatic carbocycles. The maximum Gasteiger partial charge on any atom is 0.118 e. The molecule has 0 saturated heterocycles. The Hall–Kier alpha value is -1.06. The topological polar surface area (TPSA) is 41.5 Å². The van der Waals surface area contributed by atoms with Gasteiger partial charge in [-0.2, -0.15) is 0 Å². The quantitative estimate of drug-likeness (QED) is 0.829. The second-order valence-electron chi connectivity index (χ2n) is 5.59. The van der Waals surface area contributed by atoms with Crippen LogP contribution in [0, 0.1) is 5.92 Å². The molecule has 0 amide bonds. The molecule has 0 radical (unpaired) electrons. The Labute approximate surface area is 116 Å². The van der Waals surface area contributed by atoms with E-state index in [1.54, 1.807) is 7.11 Å². The third kappa shape index (κ3) is 3.95. The summed E-state index contributed by atoms with van der Waals surface area (Å²) in [6.07, 6.45) is 3.20. The Morgan fingerprint density at radius 1 is 1.32 bits per heavy atom. The molecule has 0 heterocycles. The first kappa shape index (κ1) is 14.4. The van der Waals surface area contributed by atoms with Crippen molar-refractivity contribution < 1.29 is 9.84 Å². The van der Waals surface area contributed by atoms with E-state index in [0.29, 0.717) is 11.8 Å². The van der Waals surface area contributed by atoms with Crippen molar-refractivity contribution in [1.82, 2.24) is 5.32 Å². The second kappa shape index (κ2) is 6.92. The van der Waals surface area contributed by atoms with Crippen molar-refractivity contribution in [3.05, 3.63) is 29.8 Å². The monoisotopic (exact) mass is 263 g/mol. The second-order valence-corrected chi connectivity index (χ2v) is 5.59. The molecular formula is C16H25NO2. The summed E-state index contributed by atoms with van der Waals surface area (Å²) in [4.78, 5) is 0. The lowest BCUT2D eigenvalue weighted by Gasteiger charge is -2.18. The van der Waals surface area contributed by atoms with E-state index >= 15 is 0 Å². The number of methoxy groups -OCH3 is 1. The standard InChI is InChI=1S/C16H25NO2/c1-12(13-6-8-15(19-2)9-7-13)10-17-11-14-4-3-5-16(14)18/h6-9,12,14,16-18H,3-5,10-11H2,1-2H3/t12-,14-,16+/m1/s1. The lowest BCUT2D eigenvalue weighted by molar-refractivity contribution is 0.131. The Bertz CT molecular complexity index is 377. The van der Waals surface area contributed by atoms with Gasteiger partial charge in [0.15, 0.2) is 0 Å². The fraction of sp³-hybridized carbons (Fsp3) is 0.625. The molecule has 3 heteroatoms. The molecule has 0 spiro atoms. The highest BCUT2D eigenvalue weighted by atomic mass is 16.5. The predicted molar refractivity (Wildman–Crippen MR) is 77.6 cm³/mol. The maximum atomic E-state index is 9.77. The van der Waals surface area contributed by atoms with Crippen LogP contribution in [0.15, 0.2) is 24.3 Å². The lowest BCUT2D eigenvalue weighted by Crippen LogP contribution is -2.30. The highest BCUT2D eigenvalue weighted by molar-refractivity contribution is 5.29. The molecule has 1 aliphatic rings. The van der Waals surface area contributed by atoms with E-state index in [-0.39, 0.29) is 6.10 Å². The Morgan fingerprint density at radius 2 is 2.05 bits per heavy atom. The van der Waals surface area contributed by atoms with E-state index < -0.39 is 0 Å². The largest absolute Gasteiger partial charge is 0.497 e. The molecule has 0 bridgehead atoms. The van der Waals surface area contributed by atoms with Crippen LogP contribution in [-0.4, -0.2) is 31.4 Å². The molecule has 2 rings (SSSR count). The minimum Gasteiger partial charge on any atom is -0.497 e. The molecular weight excluding hydrogens is 238 g/mol. The van der Waals surface area contributed by atoms with Gasteiger partial charge in [0.25, 0.3) is 0 Å². The summed E-state index contributed by atoms with van der Waals surface area (Å²) < 4.78 is 5.17. The number of rotatable bonds is 6. The number of aliphatic hydroxyl groups excluding tert-OH is 1. The van der Waals surface area contributed by atoms with Crippen LogP contribution in [0.5, 0.6) is 5.75 Å². The van der Waals surface area contributed by atoms with Crippen LogP contribution in [0.1, 0.15) is 37.7 Å². The van der Waals surface area contributed by atoms with E-state index in [1.165, 1.54) is 12.0 Å². The summed E-state index contributed by atoms with van der Waals surface area (Å²) >= 11 is 0. The first-order valence-electron chi connectivity index (χ1n) is 7.23. The van der Waals surface area contributed by atoms with Gasteiger partial charge in [-0.3, -0.25) is 0 Å². The number of ether oxygens (including phenoxy) is 1. The van der Waals surface area contributed by atoms with Crippen LogP contribution < -0.4 is 10.1 Å². The van der Waals surface area contributed by atoms with E-state index in [0.717, 1.165) is 31.7 Å². The van der Waals surface area contributed by atoms with Crippen molar-refractivity contribution in [3.63, 3.8) is 0 Å². The molecule has 1 aliphatic carbocycles. The summed E-state index contributed by atoms with van der Waals surface area (Å²) in [6.45, 7) is 4.11. The number of benzene rings is 1. The molecule has 3 nitrogen and oxygen atoms in total. The summed E-state index contributed by atoms with van der Waals surface area (Å²) in [5, 5.41) is 13.3. The first-order valence-corrected chi connectivity index (χ1v) is 7.23. The van der Waals surface area contributed by atoms with Crippen molar-refractivity contribution in [2.24, 2.45) is 5.92 Å². The Morgan fingerprint density at radius 3 is 2.63 bits per heavy atom. The van der Waals surface area contributed by atoms with Crippen LogP contribution in [0.25, 0.3) is 0 Å². The number of nitrogens with one attached hydrogen (secondary N) is 1. The normalized spacial score (nSPS) is 24.4. The van der Waals surface area contributed by atoms with E-state index in [1.807, 2.05) is 12.1 Å². The zero-order valence-electron chi connectivity index (χ0n) is 11.9. The van der Waals surface area contributed by atoms with Crippen molar-refractivity contribution in [3.8, 4) is 5.75 Å². The summed E-state index contributed by atoms with van der Waals surface area (Å²) in [5.74, 6) is 1.82. The molecule has 106 valence electrons. The smallest absolute Gasteiger partial charge is 0.118 e. The molecule has 0 aliphatic heterocycles. The molecule has 0 aromatic heterocycles. The van der Waals surface area contributed by atoms with Gasteiger partial charge in [-0.25, -0.2) is 0 Å². The molecule has 1 fully saturated rings. The number of hydrogen-bond acceptors (Lipinski definition) is 3. The van der Waals surface area contributed by atoms with Gasteiger partial charge >= 0.3 is 0 Å². The molecule has 1 saturated carbocycles. The van der Waals surface area contributed by atoms with Gasteiger partial charge in [0.2, 0.25) is 0 Å². The van der Waals surface area contributed by atoms with E-state index in [9.17, 15) is 5.11 Å². The highest BCUT2D eigenvalue weighted by Crippen LogP contribution is 2.25. The van der Waals surface area contributed by atoms with Crippen LogP contribution in [0.2, 0.25) is 0 Å². The highest BCUT2D eigenvalue weighted by Gasteiger charge is 2.24. The van der Waals surface area contributed by atoms with Gasteiger partial charge in [-0.05, 0) is 42.4 Å². The predicted octanol–water partition coefficient (Wildman–Crippen LogP) is 2.55. The zero-order valence-corrected chi connectivity index (χ0v) is 11.9. The minimum atomic E-state index is -0.0937. The van der Waals surface area contributed by atoms with Crippen LogP contribution >= 0.6 is 0 Å². The first-order chi connectivity index (χ1) is 9.20. The lowest BCUT2D eigenvalue weighted by atomic mass is 10.0. The van der Waals surface area contributed by atoms with Crippen molar-refractivity contribution >= 4 is 0 Å². The SMILES string of the molecule is COc1ccc([C@H](C)CNC[C@H]2CCC[C@@H]2O)cc1. The summed E-state index contributed by atoms with van der Waals surface area (Å²) in [6, 6.07) is 8.25. The summed E-state index contributed by atoms with van der Waals surface area (Å²) in [5.41, 5.74) is 1.32. The van der Waals surface area contributed by atoms with Crippen molar-refractivity contribution in [1.29, 1.82) is 0 Å². The van der Waals surface area contributed by atoms with Gasteiger partial charge in [0, 0.05) is 13.1 Å². The zero-order chi connectivity index (χ0) is 13.7. The maximum absolute atomic E-state index is 9.77. The van der Waals surface area contributed by atoms with E-state index in [2.05, 4.69) is 24.4 Å². The Kier molecular flexibility index (Phi) is 5.23. The molecule has 1 aromatic rings. The van der Waals surface area contributed by atoms with E-state index in [4.69, 9.17) is 4.74 Å². The molecule has 3 atom stereocenters. The average Bonchev–Trinajstić information content (AvgIpc) is 2.84. The van der Waals surface area contributed by atoms with Gasteiger partial charge in [0.1, 0.15) is 5.75 Å². The van der Waals surface area contributed by atoms with Gasteiger partial charge < -0.3 is 15.2 Å². The molecule has 19 heavy (non-hydrogen) atoms. The third-order valence-corrected chi connectivity index (χ3v) is 4.16. The fourth-order valence-corrected chi connectivity index (χ4v) is 2.79. The van der Waals surface area contributed by atoms with Crippen LogP contribution in [-0.2, 0) is 0 Å². The minimum absolute atomic E-state index is 0.0937. The molecule has 0 unspecified atom stereocenters. The Balaban J connectivity index is 1.75. The van der Waals surface area contributed by atoms with Crippen LogP contribution in [0.4, 0.5) is 0 Å². The molecule has 2 N–H and O–H groups in total. The van der Waals surface area contributed by atoms with Crippen LogP contribution in [0.3, 0.4) is 0 Å². The van der Waals surface area contributed by atoms with Gasteiger partial charge in [-0.1, -0.05) is 25.5 Å². The number of aliphatic hydroxyl groups is 1. The van der Waals surface area contributed by atoms with Gasteiger partial charge in [0.05, 0.1) is 13.2 Å². The average molecular weight is 263 g/mol. The van der Waals surface area contributed by atoms with Crippen molar-refractivity contribution in [2.75, 3.05) is 20.2 Å². The summed E-state index contributed by atoms with van der Waals surface area (Å²) in [7, 11) is 1.69. The fourth-order valence-electron chi connectivity index (χ4n) is 2.79. The number of hydrogen-bond donors (Lipinski definition) is 2.